The molecule has 0 amide bonds. The largest absolute Gasteiger partial charge is 3.00 e. The van der Waals surface area contributed by atoms with Crippen molar-refractivity contribution < 1.29 is 44.2 Å². The van der Waals surface area contributed by atoms with E-state index in [0.717, 1.165) is 98.4 Å². The molecule has 1 fully saturated rings. The van der Waals surface area contributed by atoms with E-state index >= 15 is 0 Å². The van der Waals surface area contributed by atoms with E-state index in [1.807, 2.05) is 48.5 Å². The third-order valence-corrected chi connectivity index (χ3v) is 12.0. The van der Waals surface area contributed by atoms with Gasteiger partial charge >= 0.3 is 26.1 Å². The second-order valence-corrected chi connectivity index (χ2v) is 22.6. The molecule has 0 aliphatic carbocycles. The van der Waals surface area contributed by atoms with Gasteiger partial charge in [-0.05, 0) is 126 Å². The van der Waals surface area contributed by atoms with Crippen molar-refractivity contribution in [3.63, 3.8) is 0 Å². The van der Waals surface area contributed by atoms with Crippen LogP contribution in [0.2, 0.25) is 0 Å². The van der Waals surface area contributed by atoms with Crippen molar-refractivity contribution in [3.05, 3.63) is 132 Å². The average Bonchev–Trinajstić information content (AvgIpc) is 3.93. The van der Waals surface area contributed by atoms with E-state index in [0.29, 0.717) is 12.4 Å². The van der Waals surface area contributed by atoms with Crippen LogP contribution in [0.1, 0.15) is 136 Å². The summed E-state index contributed by atoms with van der Waals surface area (Å²) in [5.41, 5.74) is 9.36. The van der Waals surface area contributed by atoms with Gasteiger partial charge in [-0.3, -0.25) is 0 Å². The summed E-state index contributed by atoms with van der Waals surface area (Å²) in [6.45, 7) is 28.8. The van der Waals surface area contributed by atoms with Gasteiger partial charge in [0.2, 0.25) is 0 Å². The van der Waals surface area contributed by atoms with Crippen LogP contribution in [0.25, 0.3) is 33.4 Å². The van der Waals surface area contributed by atoms with Crippen molar-refractivity contribution in [2.75, 3.05) is 33.0 Å². The number of pyridine rings is 1. The quantitative estimate of drug-likeness (QED) is 0.0877. The van der Waals surface area contributed by atoms with Crippen LogP contribution in [0.15, 0.2) is 115 Å². The predicted molar refractivity (Wildman–Crippen MR) is 277 cm³/mol. The van der Waals surface area contributed by atoms with Crippen LogP contribution in [-0.2, 0) is 40.4 Å². The zero-order valence-corrected chi connectivity index (χ0v) is 45.7. The number of carboxylic acids is 1. The zero-order chi connectivity index (χ0) is 49.9. The van der Waals surface area contributed by atoms with E-state index in [1.54, 1.807) is 21.7 Å². The van der Waals surface area contributed by atoms with Crippen molar-refractivity contribution in [2.24, 2.45) is 16.2 Å². The maximum Gasteiger partial charge on any atom is 3.00 e. The molecule has 1 N–H and O–H groups in total. The average molecular weight is 1130 g/mol. The third-order valence-electron chi connectivity index (χ3n) is 12.0. The molecular weight excluding hydrogens is 1050 g/mol. The summed E-state index contributed by atoms with van der Waals surface area (Å²) in [6, 6.07) is 36.4. The molecule has 0 bridgehead atoms. The van der Waals surface area contributed by atoms with Gasteiger partial charge in [0.15, 0.2) is 11.4 Å². The van der Waals surface area contributed by atoms with Crippen molar-refractivity contribution in [2.45, 2.75) is 126 Å². The fourth-order valence-corrected chi connectivity index (χ4v) is 9.27. The number of rotatable bonds is 17. The Bertz CT molecular complexity index is 2540. The molecule has 8 rings (SSSR count). The van der Waals surface area contributed by atoms with Crippen LogP contribution in [0.4, 0.5) is 0 Å². The standard InChI is InChI=1S/2C20H25N3.C17H25NO5.Ir/c2*1-19(2,3)14-20(4,5)15-9-8-10-16(13-15)23-21-17-11-6-7-12-18(17)22-23;1-17(12-22-13-17)11-21-9-4-2-3-5-10-23-14-7-6-8-18-15(14)16(19)20;/h2*6-13H,14H2,1-5H3;6-8H,2-5,9-13H2,1H3,(H,19,20);/q;;;+3. The van der Waals surface area contributed by atoms with Crippen LogP contribution in [0.5, 0.6) is 5.75 Å². The first-order chi connectivity index (χ1) is 32.6. The summed E-state index contributed by atoms with van der Waals surface area (Å²) in [4.78, 5) is 18.3. The molecule has 1 aliphatic rings. The smallest absolute Gasteiger partial charge is 0.491 e. The van der Waals surface area contributed by atoms with Gasteiger partial charge in [-0.1, -0.05) is 131 Å². The van der Waals surface area contributed by atoms with Gasteiger partial charge in [0.25, 0.3) is 0 Å². The summed E-state index contributed by atoms with van der Waals surface area (Å²) >= 11 is 0. The molecule has 3 aromatic heterocycles. The summed E-state index contributed by atoms with van der Waals surface area (Å²) in [5.74, 6) is -0.734. The molecule has 374 valence electrons. The maximum atomic E-state index is 11.0. The number of nitrogens with zero attached hydrogens (tertiary/aromatic N) is 7. The number of hydrogen-bond donors (Lipinski definition) is 1. The van der Waals surface area contributed by atoms with Gasteiger partial charge in [-0.15, -0.1) is 20.4 Å². The fourth-order valence-electron chi connectivity index (χ4n) is 9.27. The summed E-state index contributed by atoms with van der Waals surface area (Å²) in [7, 11) is 0. The van der Waals surface area contributed by atoms with Crippen molar-refractivity contribution >= 4 is 28.0 Å². The molecular formula is C57H75IrN7O5+3. The van der Waals surface area contributed by atoms with Crippen LogP contribution in [0.3, 0.4) is 0 Å². The first-order valence-corrected chi connectivity index (χ1v) is 24.4. The molecule has 7 aromatic rings. The minimum atomic E-state index is -1.07. The van der Waals surface area contributed by atoms with E-state index in [2.05, 4.69) is 150 Å². The Balaban J connectivity index is 0.000000194. The Hall–Kier alpha value is -5.33. The number of carbonyl (C=O) groups is 1. The van der Waals surface area contributed by atoms with Crippen LogP contribution in [-0.4, -0.2) is 79.1 Å². The molecule has 1 aliphatic heterocycles. The Morgan fingerprint density at radius 2 is 1.06 bits per heavy atom. The predicted octanol–water partition coefficient (Wildman–Crippen LogP) is 13.0. The molecule has 4 heterocycles. The molecule has 0 atom stereocenters. The minimum Gasteiger partial charge on any atom is -0.491 e. The van der Waals surface area contributed by atoms with Crippen molar-refractivity contribution in [1.29, 1.82) is 0 Å². The van der Waals surface area contributed by atoms with Gasteiger partial charge in [-0.25, -0.2) is 9.78 Å². The number of ether oxygens (including phenoxy) is 3. The van der Waals surface area contributed by atoms with E-state index in [9.17, 15) is 4.79 Å². The molecule has 70 heavy (non-hydrogen) atoms. The third kappa shape index (κ3) is 16.4. The molecule has 0 spiro atoms. The van der Waals surface area contributed by atoms with Crippen LogP contribution in [0, 0.1) is 16.2 Å². The topological polar surface area (TPSA) is 139 Å². The Morgan fingerprint density at radius 1 is 0.614 bits per heavy atom. The van der Waals surface area contributed by atoms with Gasteiger partial charge < -0.3 is 19.3 Å². The summed E-state index contributed by atoms with van der Waals surface area (Å²) in [6.07, 6.45) is 7.73. The first kappa shape index (κ1) is 55.6. The van der Waals surface area contributed by atoms with Crippen molar-refractivity contribution in [3.8, 4) is 17.1 Å². The van der Waals surface area contributed by atoms with E-state index in [-0.39, 0.29) is 52.9 Å². The zero-order valence-electron chi connectivity index (χ0n) is 43.3. The Kier molecular flexibility index (Phi) is 19.2. The number of benzene rings is 4. The maximum absolute atomic E-state index is 11.0. The molecule has 0 unspecified atom stereocenters. The van der Waals surface area contributed by atoms with Crippen LogP contribution < -0.4 is 4.74 Å². The first-order valence-electron chi connectivity index (χ1n) is 24.4. The van der Waals surface area contributed by atoms with E-state index < -0.39 is 5.97 Å². The Labute approximate surface area is 429 Å². The Morgan fingerprint density at radius 3 is 1.46 bits per heavy atom. The second-order valence-electron chi connectivity index (χ2n) is 22.6. The summed E-state index contributed by atoms with van der Waals surface area (Å²) < 4.78 is 16.4. The number of unbranched alkanes of at least 4 members (excludes halogenated alkanes) is 3. The summed E-state index contributed by atoms with van der Waals surface area (Å²) in [5, 5.41) is 27.3. The van der Waals surface area contributed by atoms with Gasteiger partial charge in [0, 0.05) is 18.2 Å². The molecule has 0 saturated carbocycles. The minimum absolute atomic E-state index is 0. The normalized spacial score (nSPS) is 13.6. The number of aromatic carboxylic acids is 1. The number of carboxylic acid groups (broad SMARTS) is 1. The van der Waals surface area contributed by atoms with E-state index in [4.69, 9.17) is 19.3 Å². The fraction of sp³-hybridized carbons (Fsp3) is 0.474. The molecule has 13 heteroatoms. The molecule has 4 aromatic carbocycles. The number of hydrogen-bond acceptors (Lipinski definition) is 9. The molecule has 0 radical (unpaired) electrons. The number of aromatic nitrogens is 7. The molecule has 12 nitrogen and oxygen atoms in total. The van der Waals surface area contributed by atoms with Gasteiger partial charge in [0.05, 0.1) is 37.8 Å². The van der Waals surface area contributed by atoms with Gasteiger partial charge in [-0.2, -0.15) is 9.59 Å². The van der Waals surface area contributed by atoms with Gasteiger partial charge in [0.1, 0.15) is 22.1 Å². The SMILES string of the molecule is CC(C)(C)CC(C)(C)c1cccc(-n2nc3ccccc3n2)c1.CC(C)(C)CC(C)(C)c1cccc(-n2nc3ccccc3n2)c1.CC1(COCCCCCCOc2cccnc2C(=O)O)COC1.[Ir+3]. The monoisotopic (exact) mass is 1130 g/mol. The van der Waals surface area contributed by atoms with E-state index in [1.165, 1.54) is 17.3 Å². The molecule has 1 saturated heterocycles. The van der Waals surface area contributed by atoms with Crippen molar-refractivity contribution in [1.82, 2.24) is 35.0 Å². The number of fused-ring (bicyclic) bond motifs is 2. The van der Waals surface area contributed by atoms with Crippen LogP contribution >= 0.6 is 0 Å². The second kappa shape index (κ2) is 24.2.